The Balaban J connectivity index is 1.35. The van der Waals surface area contributed by atoms with Crippen molar-refractivity contribution < 1.29 is 4.39 Å². The summed E-state index contributed by atoms with van der Waals surface area (Å²) in [5.74, 6) is 0.242. The minimum absolute atomic E-state index is 0.256. The minimum Gasteiger partial charge on any atom is -0.398 e. The second kappa shape index (κ2) is 8.48. The van der Waals surface area contributed by atoms with E-state index in [1.54, 1.807) is 0 Å². The standard InChI is InChI=1S/C26H29FN6/c1-3-16-6-8-18(27)12-20(16)17-7-9-19(21(28)11-17)25(29)26-31-23-13-33(14-24(23)32-26)15(2)22-5-4-10-30-22/h6-9,11-12,22,29-30H,2-5,10,13-14,28H2,1H3,(H,31,32). The minimum atomic E-state index is -0.275. The van der Waals surface area contributed by atoms with Gasteiger partial charge in [0.15, 0.2) is 5.82 Å². The zero-order chi connectivity index (χ0) is 23.1. The van der Waals surface area contributed by atoms with E-state index in [4.69, 9.17) is 16.1 Å². The fraction of sp³-hybridized carbons (Fsp3) is 0.308. The molecule has 3 aromatic rings. The average molecular weight is 445 g/mol. The van der Waals surface area contributed by atoms with Gasteiger partial charge in [-0.15, -0.1) is 0 Å². The Morgan fingerprint density at radius 3 is 2.82 bits per heavy atom. The van der Waals surface area contributed by atoms with Gasteiger partial charge in [-0.3, -0.25) is 5.41 Å². The summed E-state index contributed by atoms with van der Waals surface area (Å²) in [6, 6.07) is 10.7. The third-order valence-electron chi connectivity index (χ3n) is 6.74. The van der Waals surface area contributed by atoms with Crippen LogP contribution in [0.1, 0.15) is 48.1 Å². The Kier molecular flexibility index (Phi) is 5.50. The number of nitrogen functional groups attached to an aromatic ring is 1. The van der Waals surface area contributed by atoms with Crippen molar-refractivity contribution in [3.8, 4) is 11.1 Å². The first kappa shape index (κ1) is 21.4. The maximum Gasteiger partial charge on any atom is 0.156 e. The number of aryl methyl sites for hydroxylation is 1. The van der Waals surface area contributed by atoms with E-state index < -0.39 is 0 Å². The Morgan fingerprint density at radius 2 is 2.12 bits per heavy atom. The molecule has 2 aliphatic heterocycles. The fourth-order valence-corrected chi connectivity index (χ4v) is 4.86. The van der Waals surface area contributed by atoms with Gasteiger partial charge < -0.3 is 20.9 Å². The van der Waals surface area contributed by atoms with E-state index in [0.717, 1.165) is 59.7 Å². The van der Waals surface area contributed by atoms with Gasteiger partial charge in [0.2, 0.25) is 0 Å². The quantitative estimate of drug-likeness (QED) is 0.336. The largest absolute Gasteiger partial charge is 0.398 e. The van der Waals surface area contributed by atoms with E-state index in [1.807, 2.05) is 31.2 Å². The molecule has 6 nitrogen and oxygen atoms in total. The molecule has 33 heavy (non-hydrogen) atoms. The molecule has 2 aromatic carbocycles. The highest BCUT2D eigenvalue weighted by Crippen LogP contribution is 2.31. The number of aromatic nitrogens is 2. The molecular formula is C26H29FN6. The fourth-order valence-electron chi connectivity index (χ4n) is 4.86. The van der Waals surface area contributed by atoms with Gasteiger partial charge in [0.1, 0.15) is 11.5 Å². The predicted octanol–water partition coefficient (Wildman–Crippen LogP) is 4.36. The van der Waals surface area contributed by atoms with Crippen LogP contribution < -0.4 is 11.1 Å². The summed E-state index contributed by atoms with van der Waals surface area (Å²) in [6.07, 6.45) is 3.10. The van der Waals surface area contributed by atoms with Crippen LogP contribution in [0.15, 0.2) is 48.7 Å². The van der Waals surface area contributed by atoms with Crippen LogP contribution in [0.3, 0.4) is 0 Å². The summed E-state index contributed by atoms with van der Waals surface area (Å²) in [5.41, 5.74) is 13.5. The molecule has 0 radical (unpaired) electrons. The van der Waals surface area contributed by atoms with Crippen molar-refractivity contribution in [2.24, 2.45) is 0 Å². The summed E-state index contributed by atoms with van der Waals surface area (Å²) >= 11 is 0. The van der Waals surface area contributed by atoms with Crippen LogP contribution in [0.5, 0.6) is 0 Å². The van der Waals surface area contributed by atoms with E-state index in [-0.39, 0.29) is 11.5 Å². The van der Waals surface area contributed by atoms with E-state index in [0.29, 0.717) is 29.7 Å². The van der Waals surface area contributed by atoms with Crippen molar-refractivity contribution in [1.29, 1.82) is 5.41 Å². The van der Waals surface area contributed by atoms with Crippen molar-refractivity contribution in [2.75, 3.05) is 12.3 Å². The number of benzene rings is 2. The number of anilines is 1. The summed E-state index contributed by atoms with van der Waals surface area (Å²) < 4.78 is 13.9. The second-order valence-electron chi connectivity index (χ2n) is 8.84. The SMILES string of the molecule is C=C(C1CCCN1)N1Cc2nc(C(=N)c3ccc(-c4cc(F)ccc4CC)cc3N)[nH]c2C1. The first-order chi connectivity index (χ1) is 15.9. The first-order valence-corrected chi connectivity index (χ1v) is 11.5. The summed E-state index contributed by atoms with van der Waals surface area (Å²) in [4.78, 5) is 10.3. The molecule has 3 heterocycles. The van der Waals surface area contributed by atoms with Crippen LogP contribution >= 0.6 is 0 Å². The second-order valence-corrected chi connectivity index (χ2v) is 8.84. The number of nitrogens with two attached hydrogens (primary N) is 1. The van der Waals surface area contributed by atoms with Crippen molar-refractivity contribution in [3.63, 3.8) is 0 Å². The molecule has 0 aliphatic carbocycles. The van der Waals surface area contributed by atoms with Crippen molar-refractivity contribution in [2.45, 2.75) is 45.3 Å². The van der Waals surface area contributed by atoms with Crippen LogP contribution in [-0.4, -0.2) is 33.2 Å². The van der Waals surface area contributed by atoms with Gasteiger partial charge in [0, 0.05) is 23.0 Å². The Bertz CT molecular complexity index is 1210. The maximum absolute atomic E-state index is 13.9. The number of H-pyrrole nitrogens is 1. The summed E-state index contributed by atoms with van der Waals surface area (Å²) in [7, 11) is 0. The van der Waals surface area contributed by atoms with E-state index in [2.05, 4.69) is 21.8 Å². The number of imidazole rings is 1. The number of fused-ring (bicyclic) bond motifs is 1. The number of hydrogen-bond donors (Lipinski definition) is 4. The predicted molar refractivity (Wildman–Crippen MR) is 130 cm³/mol. The van der Waals surface area contributed by atoms with Gasteiger partial charge in [0.25, 0.3) is 0 Å². The topological polar surface area (TPSA) is 93.8 Å². The molecule has 5 N–H and O–H groups in total. The van der Waals surface area contributed by atoms with Crippen molar-refractivity contribution >= 4 is 11.4 Å². The lowest BCUT2D eigenvalue weighted by atomic mass is 9.95. The normalized spacial score (nSPS) is 17.4. The van der Waals surface area contributed by atoms with Crippen molar-refractivity contribution in [1.82, 2.24) is 20.2 Å². The highest BCUT2D eigenvalue weighted by molar-refractivity contribution is 6.12. The molecule has 2 aliphatic rings. The van der Waals surface area contributed by atoms with Gasteiger partial charge in [-0.25, -0.2) is 9.37 Å². The van der Waals surface area contributed by atoms with Crippen molar-refractivity contribution in [3.05, 3.63) is 82.8 Å². The number of rotatable bonds is 6. The third-order valence-corrected chi connectivity index (χ3v) is 6.74. The molecule has 0 spiro atoms. The van der Waals surface area contributed by atoms with Crippen LogP contribution in [0.4, 0.5) is 10.1 Å². The smallest absolute Gasteiger partial charge is 0.156 e. The molecule has 1 saturated heterocycles. The van der Waals surface area contributed by atoms with Crippen LogP contribution in [0, 0.1) is 11.2 Å². The molecule has 1 unspecified atom stereocenters. The average Bonchev–Trinajstić information content (AvgIpc) is 3.55. The Morgan fingerprint density at radius 1 is 1.27 bits per heavy atom. The zero-order valence-electron chi connectivity index (χ0n) is 18.8. The lowest BCUT2D eigenvalue weighted by Gasteiger charge is -2.25. The third kappa shape index (κ3) is 3.93. The van der Waals surface area contributed by atoms with Crippen LogP contribution in [0.2, 0.25) is 0 Å². The van der Waals surface area contributed by atoms with Gasteiger partial charge >= 0.3 is 0 Å². The van der Waals surface area contributed by atoms with Crippen LogP contribution in [-0.2, 0) is 19.5 Å². The lowest BCUT2D eigenvalue weighted by molar-refractivity contribution is 0.325. The van der Waals surface area contributed by atoms with Gasteiger partial charge in [-0.2, -0.15) is 0 Å². The highest BCUT2D eigenvalue weighted by Gasteiger charge is 2.29. The molecule has 0 saturated carbocycles. The highest BCUT2D eigenvalue weighted by atomic mass is 19.1. The summed E-state index contributed by atoms with van der Waals surface area (Å²) in [5, 5.41) is 12.2. The van der Waals surface area contributed by atoms with Gasteiger partial charge in [-0.05, 0) is 60.7 Å². The lowest BCUT2D eigenvalue weighted by Crippen LogP contribution is -2.32. The molecule has 1 aromatic heterocycles. The first-order valence-electron chi connectivity index (χ1n) is 11.5. The number of nitrogens with one attached hydrogen (secondary N) is 3. The number of halogens is 1. The number of hydrogen-bond acceptors (Lipinski definition) is 5. The van der Waals surface area contributed by atoms with Gasteiger partial charge in [-0.1, -0.05) is 31.7 Å². The molecule has 0 bridgehead atoms. The van der Waals surface area contributed by atoms with Gasteiger partial charge in [0.05, 0.1) is 24.5 Å². The van der Waals surface area contributed by atoms with E-state index in [9.17, 15) is 4.39 Å². The number of aromatic amines is 1. The van der Waals surface area contributed by atoms with Crippen LogP contribution in [0.25, 0.3) is 11.1 Å². The molecular weight excluding hydrogens is 415 g/mol. The molecule has 0 amide bonds. The Hall–Kier alpha value is -3.45. The monoisotopic (exact) mass is 444 g/mol. The molecule has 1 fully saturated rings. The number of nitrogens with zero attached hydrogens (tertiary/aromatic N) is 2. The molecule has 1 atom stereocenters. The molecule has 170 valence electrons. The zero-order valence-corrected chi connectivity index (χ0v) is 18.8. The molecule has 7 heteroatoms. The molecule has 5 rings (SSSR count). The Labute approximate surface area is 193 Å². The van der Waals surface area contributed by atoms with E-state index >= 15 is 0 Å². The summed E-state index contributed by atoms with van der Waals surface area (Å²) in [6.45, 7) is 8.80. The maximum atomic E-state index is 13.9. The van der Waals surface area contributed by atoms with E-state index in [1.165, 1.54) is 18.6 Å².